The number of carbonyl (C=O) groups is 1. The lowest BCUT2D eigenvalue weighted by molar-refractivity contribution is 0.0661. The zero-order chi connectivity index (χ0) is 13.1. The quantitative estimate of drug-likeness (QED) is 0.863. The van der Waals surface area contributed by atoms with E-state index in [0.717, 1.165) is 30.0 Å². The monoisotopic (exact) mass is 270 g/mol. The zero-order valence-corrected chi connectivity index (χ0v) is 9.84. The summed E-state index contributed by atoms with van der Waals surface area (Å²) in [5.41, 5.74) is 0. The Kier molecular flexibility index (Phi) is 3.66. The van der Waals surface area contributed by atoms with Crippen molar-refractivity contribution in [2.45, 2.75) is 10.6 Å². The second kappa shape index (κ2) is 5.22. The average Bonchev–Trinajstić information content (AvgIpc) is 2.79. The molecule has 0 atom stereocenters. The summed E-state index contributed by atoms with van der Waals surface area (Å²) in [5, 5.41) is 8.65. The maximum absolute atomic E-state index is 13.3. The van der Waals surface area contributed by atoms with Gasteiger partial charge in [-0.05, 0) is 30.3 Å². The number of thioether (sulfide) groups is 1. The van der Waals surface area contributed by atoms with Crippen LogP contribution in [0.2, 0.25) is 0 Å². The third-order valence-electron chi connectivity index (χ3n) is 2.14. The van der Waals surface area contributed by atoms with E-state index in [1.807, 2.05) is 0 Å². The van der Waals surface area contributed by atoms with Gasteiger partial charge in [0.05, 0.1) is 5.75 Å². The van der Waals surface area contributed by atoms with Crippen LogP contribution in [0, 0.1) is 11.6 Å². The Morgan fingerprint density at radius 1 is 1.28 bits per heavy atom. The van der Waals surface area contributed by atoms with E-state index < -0.39 is 17.6 Å². The molecule has 0 aliphatic carbocycles. The SMILES string of the molecule is O=C(O)c1ccc(CSc2cc(F)ccc2F)o1. The molecule has 2 rings (SSSR count). The molecule has 1 heterocycles. The molecule has 0 spiro atoms. The highest BCUT2D eigenvalue weighted by atomic mass is 32.2. The van der Waals surface area contributed by atoms with Crippen LogP contribution in [0.25, 0.3) is 0 Å². The van der Waals surface area contributed by atoms with Crippen molar-refractivity contribution in [3.8, 4) is 0 Å². The molecule has 0 saturated heterocycles. The Bertz CT molecular complexity index is 580. The molecule has 0 radical (unpaired) electrons. The van der Waals surface area contributed by atoms with Crippen molar-refractivity contribution in [2.24, 2.45) is 0 Å². The maximum Gasteiger partial charge on any atom is 0.371 e. The molecule has 0 aliphatic heterocycles. The van der Waals surface area contributed by atoms with Gasteiger partial charge in [-0.25, -0.2) is 13.6 Å². The summed E-state index contributed by atoms with van der Waals surface area (Å²) in [5.74, 6) is -1.77. The molecule has 0 saturated carbocycles. The van der Waals surface area contributed by atoms with Gasteiger partial charge in [-0.1, -0.05) is 0 Å². The molecule has 1 aromatic heterocycles. The van der Waals surface area contributed by atoms with Gasteiger partial charge in [-0.2, -0.15) is 0 Å². The first-order valence-corrected chi connectivity index (χ1v) is 5.94. The standard InChI is InChI=1S/C12H8F2O3S/c13-7-1-3-9(14)11(5-7)18-6-8-2-4-10(17-8)12(15)16/h1-5H,6H2,(H,15,16). The van der Waals surface area contributed by atoms with Gasteiger partial charge in [0.25, 0.3) is 0 Å². The van der Waals surface area contributed by atoms with E-state index in [9.17, 15) is 13.6 Å². The van der Waals surface area contributed by atoms with E-state index in [1.165, 1.54) is 12.1 Å². The lowest BCUT2D eigenvalue weighted by atomic mass is 10.3. The van der Waals surface area contributed by atoms with Gasteiger partial charge in [-0.15, -0.1) is 11.8 Å². The number of benzene rings is 1. The molecule has 0 unspecified atom stereocenters. The Balaban J connectivity index is 2.06. The topological polar surface area (TPSA) is 50.4 Å². The van der Waals surface area contributed by atoms with Crippen LogP contribution < -0.4 is 0 Å². The molecule has 18 heavy (non-hydrogen) atoms. The minimum absolute atomic E-state index is 0.156. The van der Waals surface area contributed by atoms with Crippen molar-refractivity contribution in [2.75, 3.05) is 0 Å². The molecule has 0 aliphatic rings. The van der Waals surface area contributed by atoms with E-state index in [-0.39, 0.29) is 16.4 Å². The number of hydrogen-bond acceptors (Lipinski definition) is 3. The molecule has 0 bridgehead atoms. The van der Waals surface area contributed by atoms with Gasteiger partial charge in [0.1, 0.15) is 17.4 Å². The fraction of sp³-hybridized carbons (Fsp3) is 0.0833. The molecule has 94 valence electrons. The Morgan fingerprint density at radius 3 is 2.72 bits per heavy atom. The van der Waals surface area contributed by atoms with E-state index in [2.05, 4.69) is 0 Å². The second-order valence-electron chi connectivity index (χ2n) is 3.43. The van der Waals surface area contributed by atoms with E-state index in [0.29, 0.717) is 5.76 Å². The zero-order valence-electron chi connectivity index (χ0n) is 9.02. The van der Waals surface area contributed by atoms with Crippen LogP contribution in [0.1, 0.15) is 16.3 Å². The molecular formula is C12H8F2O3S. The fourth-order valence-corrected chi connectivity index (χ4v) is 2.16. The van der Waals surface area contributed by atoms with Crippen molar-refractivity contribution in [3.63, 3.8) is 0 Å². The first kappa shape index (κ1) is 12.6. The molecule has 1 aromatic carbocycles. The summed E-state index contributed by atoms with van der Waals surface area (Å²) in [6.07, 6.45) is 0. The first-order chi connectivity index (χ1) is 8.56. The van der Waals surface area contributed by atoms with Crippen molar-refractivity contribution in [3.05, 3.63) is 53.5 Å². The Hall–Kier alpha value is -1.82. The van der Waals surface area contributed by atoms with Crippen LogP contribution in [-0.4, -0.2) is 11.1 Å². The van der Waals surface area contributed by atoms with Crippen molar-refractivity contribution >= 4 is 17.7 Å². The van der Waals surface area contributed by atoms with E-state index in [4.69, 9.17) is 9.52 Å². The molecule has 1 N–H and O–H groups in total. The number of hydrogen-bond donors (Lipinski definition) is 1. The van der Waals surface area contributed by atoms with Crippen LogP contribution in [-0.2, 0) is 5.75 Å². The molecule has 2 aromatic rings. The number of carboxylic acid groups (broad SMARTS) is 1. The lowest BCUT2D eigenvalue weighted by Gasteiger charge is -2.01. The molecule has 0 fully saturated rings. The average molecular weight is 270 g/mol. The largest absolute Gasteiger partial charge is 0.475 e. The summed E-state index contributed by atoms with van der Waals surface area (Å²) in [6.45, 7) is 0. The predicted molar refractivity (Wildman–Crippen MR) is 61.6 cm³/mol. The molecule has 6 heteroatoms. The van der Waals surface area contributed by atoms with E-state index >= 15 is 0 Å². The summed E-state index contributed by atoms with van der Waals surface area (Å²) < 4.78 is 31.2. The second-order valence-corrected chi connectivity index (χ2v) is 4.45. The normalized spacial score (nSPS) is 10.6. The van der Waals surface area contributed by atoms with E-state index in [1.54, 1.807) is 0 Å². The number of carboxylic acids is 1. The van der Waals surface area contributed by atoms with Crippen LogP contribution in [0.5, 0.6) is 0 Å². The van der Waals surface area contributed by atoms with Gasteiger partial charge >= 0.3 is 5.97 Å². The summed E-state index contributed by atoms with van der Waals surface area (Å²) in [6, 6.07) is 5.98. The number of rotatable bonds is 4. The lowest BCUT2D eigenvalue weighted by Crippen LogP contribution is -1.91. The highest BCUT2D eigenvalue weighted by Crippen LogP contribution is 2.26. The van der Waals surface area contributed by atoms with Crippen molar-refractivity contribution < 1.29 is 23.1 Å². The number of halogens is 2. The Labute approximate surface area is 105 Å². The fourth-order valence-electron chi connectivity index (χ4n) is 1.31. The maximum atomic E-state index is 13.3. The Morgan fingerprint density at radius 2 is 2.06 bits per heavy atom. The van der Waals surface area contributed by atoms with Crippen LogP contribution in [0.15, 0.2) is 39.6 Å². The third-order valence-corrected chi connectivity index (χ3v) is 3.19. The first-order valence-electron chi connectivity index (χ1n) is 4.96. The van der Waals surface area contributed by atoms with Gasteiger partial charge in [0, 0.05) is 4.90 Å². The molecule has 0 amide bonds. The van der Waals surface area contributed by atoms with Crippen LogP contribution in [0.4, 0.5) is 8.78 Å². The van der Waals surface area contributed by atoms with Crippen LogP contribution >= 0.6 is 11.8 Å². The number of furan rings is 1. The number of aromatic carboxylic acids is 1. The highest BCUT2D eigenvalue weighted by molar-refractivity contribution is 7.98. The molecular weight excluding hydrogens is 262 g/mol. The summed E-state index contributed by atoms with van der Waals surface area (Å²) in [4.78, 5) is 10.7. The molecule has 3 nitrogen and oxygen atoms in total. The van der Waals surface area contributed by atoms with Crippen LogP contribution in [0.3, 0.4) is 0 Å². The van der Waals surface area contributed by atoms with Crippen molar-refractivity contribution in [1.29, 1.82) is 0 Å². The van der Waals surface area contributed by atoms with Gasteiger partial charge in [-0.3, -0.25) is 0 Å². The predicted octanol–water partition coefficient (Wildman–Crippen LogP) is 3.55. The van der Waals surface area contributed by atoms with Gasteiger partial charge < -0.3 is 9.52 Å². The third kappa shape index (κ3) is 2.89. The van der Waals surface area contributed by atoms with Crippen molar-refractivity contribution in [1.82, 2.24) is 0 Å². The minimum Gasteiger partial charge on any atom is -0.475 e. The summed E-state index contributed by atoms with van der Waals surface area (Å²) in [7, 11) is 0. The minimum atomic E-state index is -1.16. The smallest absolute Gasteiger partial charge is 0.371 e. The van der Waals surface area contributed by atoms with Gasteiger partial charge in [0.15, 0.2) is 0 Å². The summed E-state index contributed by atoms with van der Waals surface area (Å²) >= 11 is 1.04. The highest BCUT2D eigenvalue weighted by Gasteiger charge is 2.10. The van der Waals surface area contributed by atoms with Gasteiger partial charge in [0.2, 0.25) is 5.76 Å².